The maximum Gasteiger partial charge on any atom is 0.257 e. The molecule has 3 N–H and O–H groups in total. The van der Waals surface area contributed by atoms with Gasteiger partial charge in [-0.15, -0.1) is 0 Å². The molecule has 2 fully saturated rings. The van der Waals surface area contributed by atoms with E-state index >= 15 is 0 Å². The Kier molecular flexibility index (Phi) is 9.17. The molecule has 0 saturated carbocycles. The summed E-state index contributed by atoms with van der Waals surface area (Å²) in [5.74, 6) is -1.31. The lowest BCUT2D eigenvalue weighted by Gasteiger charge is -2.36. The van der Waals surface area contributed by atoms with Crippen molar-refractivity contribution in [3.05, 3.63) is 47.9 Å². The number of β-amino-alcohol motifs (C(OH)–C–C–N with tert-alkyl or cyclic N) is 1. The molecule has 2 aliphatic heterocycles. The smallest absolute Gasteiger partial charge is 0.257 e. The molecule has 2 amide bonds. The average molecular weight is 545 g/mol. The van der Waals surface area contributed by atoms with Gasteiger partial charge in [0.2, 0.25) is 11.8 Å². The van der Waals surface area contributed by atoms with Gasteiger partial charge in [-0.25, -0.2) is 13.8 Å². The number of aromatic nitrogens is 1. The number of hydrogen-bond acceptors (Lipinski definition) is 6. The van der Waals surface area contributed by atoms with Gasteiger partial charge in [0.05, 0.1) is 18.3 Å². The van der Waals surface area contributed by atoms with E-state index < -0.39 is 35.4 Å². The molecule has 1 unspecified atom stereocenters. The molecule has 39 heavy (non-hydrogen) atoms. The molecule has 2 saturated heterocycles. The second-order valence-corrected chi connectivity index (χ2v) is 10.7. The van der Waals surface area contributed by atoms with Gasteiger partial charge in [0.1, 0.15) is 17.5 Å². The molecule has 0 radical (unpaired) electrons. The largest absolute Gasteiger partial charge is 0.477 e. The molecule has 0 bridgehead atoms. The first kappa shape index (κ1) is 28.9. The lowest BCUT2D eigenvalue weighted by molar-refractivity contribution is -0.121. The van der Waals surface area contributed by atoms with E-state index in [-0.39, 0.29) is 18.5 Å². The van der Waals surface area contributed by atoms with E-state index in [0.717, 1.165) is 30.8 Å². The fourth-order valence-electron chi connectivity index (χ4n) is 5.36. The van der Waals surface area contributed by atoms with Gasteiger partial charge in [0.15, 0.2) is 0 Å². The number of nitrogens with two attached hydrogens (primary N) is 1. The lowest BCUT2D eigenvalue weighted by Crippen LogP contribution is -2.44. The predicted molar refractivity (Wildman–Crippen MR) is 143 cm³/mol. The van der Waals surface area contributed by atoms with Gasteiger partial charge < -0.3 is 25.4 Å². The Bertz CT molecular complexity index is 1150. The minimum absolute atomic E-state index is 0.0394. The van der Waals surface area contributed by atoms with Gasteiger partial charge in [-0.2, -0.15) is 0 Å². The highest BCUT2D eigenvalue weighted by atomic mass is 19.1. The van der Waals surface area contributed by atoms with Crippen molar-refractivity contribution in [2.24, 2.45) is 11.7 Å². The molecular formula is C29H38F2N4O4. The van der Waals surface area contributed by atoms with Crippen LogP contribution in [0, 0.1) is 11.7 Å². The van der Waals surface area contributed by atoms with Crippen molar-refractivity contribution in [3.63, 3.8) is 0 Å². The molecule has 0 aliphatic carbocycles. The van der Waals surface area contributed by atoms with Crippen LogP contribution in [0.4, 0.5) is 8.78 Å². The number of hydrogen-bond donors (Lipinski definition) is 2. The van der Waals surface area contributed by atoms with Gasteiger partial charge in [-0.1, -0.05) is 19.9 Å². The van der Waals surface area contributed by atoms with E-state index in [1.54, 1.807) is 24.4 Å². The summed E-state index contributed by atoms with van der Waals surface area (Å²) in [5.41, 5.74) is 5.23. The van der Waals surface area contributed by atoms with Gasteiger partial charge in [-0.05, 0) is 68.5 Å². The van der Waals surface area contributed by atoms with Gasteiger partial charge in [0.25, 0.3) is 5.91 Å². The maximum atomic E-state index is 14.9. The van der Waals surface area contributed by atoms with Crippen molar-refractivity contribution in [2.75, 3.05) is 32.8 Å². The molecule has 8 nitrogen and oxygen atoms in total. The first-order chi connectivity index (χ1) is 18.6. The summed E-state index contributed by atoms with van der Waals surface area (Å²) < 4.78 is 35.5. The second kappa shape index (κ2) is 12.4. The Morgan fingerprint density at radius 3 is 2.44 bits per heavy atom. The first-order valence-corrected chi connectivity index (χ1v) is 13.7. The molecule has 3 heterocycles. The summed E-state index contributed by atoms with van der Waals surface area (Å²) in [5, 5.41) is 9.85. The fourth-order valence-corrected chi connectivity index (χ4v) is 5.36. The standard InChI is InChI=1S/C29H38F2N4O4/c1-3-29(31,4-2)18-34-11-9-19(10-12-34)17-39-26-8-6-21(15-33-26)20-5-7-23(24(30)13-20)28(38)35-16-22(36)14-25(35)27(32)37/h5-8,13,15,19,22,25,36H,3-4,9-12,14,16-18H2,1-2H3,(H2,32,37)/t22?,25-/m1/s1. The zero-order chi connectivity index (χ0) is 28.2. The zero-order valence-electron chi connectivity index (χ0n) is 22.6. The third-order valence-electron chi connectivity index (χ3n) is 8.09. The van der Waals surface area contributed by atoms with Gasteiger partial charge in [-0.3, -0.25) is 9.59 Å². The van der Waals surface area contributed by atoms with Crippen LogP contribution in [-0.2, 0) is 4.79 Å². The second-order valence-electron chi connectivity index (χ2n) is 10.7. The first-order valence-electron chi connectivity index (χ1n) is 13.7. The number of pyridine rings is 1. The average Bonchev–Trinajstić information content (AvgIpc) is 3.34. The van der Waals surface area contributed by atoms with Crippen molar-refractivity contribution in [2.45, 2.75) is 63.8 Å². The highest BCUT2D eigenvalue weighted by Crippen LogP contribution is 2.28. The number of carbonyl (C=O) groups excluding carboxylic acids is 2. The van der Waals surface area contributed by atoms with Gasteiger partial charge in [0, 0.05) is 37.3 Å². The van der Waals surface area contributed by atoms with E-state index in [9.17, 15) is 23.5 Å². The molecule has 10 heteroatoms. The van der Waals surface area contributed by atoms with Crippen molar-refractivity contribution >= 4 is 11.8 Å². The molecule has 2 atom stereocenters. The fraction of sp³-hybridized carbons (Fsp3) is 0.552. The molecule has 2 aromatic rings. The van der Waals surface area contributed by atoms with E-state index in [1.165, 1.54) is 12.1 Å². The van der Waals surface area contributed by atoms with E-state index in [0.29, 0.717) is 48.9 Å². The topological polar surface area (TPSA) is 109 Å². The van der Waals surface area contributed by atoms with Crippen LogP contribution in [0.15, 0.2) is 36.5 Å². The van der Waals surface area contributed by atoms with Crippen LogP contribution >= 0.6 is 0 Å². The van der Waals surface area contributed by atoms with E-state index in [2.05, 4.69) is 9.88 Å². The Labute approximate surface area is 228 Å². The highest BCUT2D eigenvalue weighted by molar-refractivity contribution is 5.98. The van der Waals surface area contributed by atoms with Crippen LogP contribution in [0.5, 0.6) is 5.88 Å². The van der Waals surface area contributed by atoms with Crippen LogP contribution in [0.25, 0.3) is 11.1 Å². The molecule has 1 aromatic heterocycles. The minimum atomic E-state index is -1.11. The molecule has 0 spiro atoms. The number of likely N-dealkylation sites (tertiary alicyclic amines) is 2. The lowest BCUT2D eigenvalue weighted by atomic mass is 9.94. The monoisotopic (exact) mass is 544 g/mol. The molecule has 4 rings (SSSR count). The number of aliphatic hydroxyl groups excluding tert-OH is 1. The number of carbonyl (C=O) groups is 2. The summed E-state index contributed by atoms with van der Waals surface area (Å²) in [6, 6.07) is 6.75. The van der Waals surface area contributed by atoms with Crippen LogP contribution in [0.2, 0.25) is 0 Å². The van der Waals surface area contributed by atoms with Crippen LogP contribution in [0.3, 0.4) is 0 Å². The number of alkyl halides is 1. The summed E-state index contributed by atoms with van der Waals surface area (Å²) in [6.45, 7) is 6.47. The maximum absolute atomic E-state index is 14.9. The SMILES string of the molecule is CCC(F)(CC)CN1CCC(COc2ccc(-c3ccc(C(=O)N4CC(O)C[C@@H]4C(N)=O)c(F)c3)cn2)CC1. The number of aliphatic hydroxyl groups is 1. The van der Waals surface area contributed by atoms with Crippen LogP contribution in [-0.4, -0.2) is 82.3 Å². The number of benzene rings is 1. The van der Waals surface area contributed by atoms with Crippen LogP contribution < -0.4 is 10.5 Å². The highest BCUT2D eigenvalue weighted by Gasteiger charge is 2.39. The van der Waals surface area contributed by atoms with E-state index in [4.69, 9.17) is 10.5 Å². The Balaban J connectivity index is 1.31. The summed E-state index contributed by atoms with van der Waals surface area (Å²) >= 11 is 0. The minimum Gasteiger partial charge on any atom is -0.477 e. The Morgan fingerprint density at radius 1 is 1.15 bits per heavy atom. The molecule has 212 valence electrons. The quantitative estimate of drug-likeness (QED) is 0.474. The van der Waals surface area contributed by atoms with Gasteiger partial charge >= 0.3 is 0 Å². The third-order valence-corrected chi connectivity index (χ3v) is 8.09. The number of halogens is 2. The predicted octanol–water partition coefficient (Wildman–Crippen LogP) is 3.57. The molecule has 1 aromatic carbocycles. The molecular weight excluding hydrogens is 506 g/mol. The number of amides is 2. The zero-order valence-corrected chi connectivity index (χ0v) is 22.6. The Hall–Kier alpha value is -3.11. The number of rotatable bonds is 10. The summed E-state index contributed by atoms with van der Waals surface area (Å²) in [4.78, 5) is 32.2. The van der Waals surface area contributed by atoms with Crippen molar-refractivity contribution < 1.29 is 28.2 Å². The van der Waals surface area contributed by atoms with Crippen LogP contribution in [0.1, 0.15) is 56.3 Å². The number of primary amides is 1. The number of piperidine rings is 1. The number of ether oxygens (including phenoxy) is 1. The normalized spacial score (nSPS) is 20.8. The van der Waals surface area contributed by atoms with Crippen molar-refractivity contribution in [3.8, 4) is 17.0 Å². The van der Waals surface area contributed by atoms with E-state index in [1.807, 2.05) is 13.8 Å². The van der Waals surface area contributed by atoms with Crippen molar-refractivity contribution in [1.82, 2.24) is 14.8 Å². The summed E-state index contributed by atoms with van der Waals surface area (Å²) in [6.07, 6.45) is 3.71. The third kappa shape index (κ3) is 6.91. The summed E-state index contributed by atoms with van der Waals surface area (Å²) in [7, 11) is 0. The molecule has 2 aliphatic rings. The van der Waals surface area contributed by atoms with Crippen molar-refractivity contribution in [1.29, 1.82) is 0 Å². The number of nitrogens with zero attached hydrogens (tertiary/aromatic N) is 3. The Morgan fingerprint density at radius 2 is 1.85 bits per heavy atom.